The van der Waals surface area contributed by atoms with Gasteiger partial charge in [0.15, 0.2) is 0 Å². The van der Waals surface area contributed by atoms with Gasteiger partial charge >= 0.3 is 0 Å². The Labute approximate surface area is 211 Å². The van der Waals surface area contributed by atoms with Gasteiger partial charge in [0, 0.05) is 17.0 Å². The Morgan fingerprint density at radius 3 is 2.37 bits per heavy atom. The van der Waals surface area contributed by atoms with E-state index in [-0.39, 0.29) is 18.4 Å². The maximum Gasteiger partial charge on any atom is 0.225 e. The van der Waals surface area contributed by atoms with E-state index in [1.807, 2.05) is 80.6 Å². The molecule has 3 aromatic carbocycles. The normalized spacial score (nSPS) is 11.8. The van der Waals surface area contributed by atoms with Crippen molar-refractivity contribution in [3.05, 3.63) is 117 Å². The third-order valence-electron chi connectivity index (χ3n) is 6.10. The predicted octanol–water partition coefficient (Wildman–Crippen LogP) is 6.32. The van der Waals surface area contributed by atoms with E-state index in [0.29, 0.717) is 11.6 Å². The highest BCUT2D eigenvalue weighted by Gasteiger charge is 2.19. The zero-order valence-electron chi connectivity index (χ0n) is 20.2. The van der Waals surface area contributed by atoms with Crippen LogP contribution in [0, 0.1) is 20.8 Å². The maximum atomic E-state index is 13.0. The number of carbonyl (C=O) groups is 1. The molecule has 6 heteroatoms. The Bertz CT molecular complexity index is 1260. The van der Waals surface area contributed by atoms with Crippen molar-refractivity contribution >= 4 is 17.5 Å². The number of hydrogen-bond donors (Lipinski definition) is 1. The Hall–Kier alpha value is -3.57. The number of aryl methyl sites for hydroxylation is 3. The second-order valence-electron chi connectivity index (χ2n) is 8.63. The van der Waals surface area contributed by atoms with Crippen molar-refractivity contribution in [2.24, 2.45) is 0 Å². The van der Waals surface area contributed by atoms with Gasteiger partial charge in [-0.3, -0.25) is 4.79 Å². The molecule has 35 heavy (non-hydrogen) atoms. The van der Waals surface area contributed by atoms with Gasteiger partial charge in [0.2, 0.25) is 5.91 Å². The second kappa shape index (κ2) is 11.2. The number of nitrogens with zero attached hydrogens (tertiary/aromatic N) is 1. The van der Waals surface area contributed by atoms with Gasteiger partial charge in [-0.2, -0.15) is 0 Å². The third kappa shape index (κ3) is 6.31. The largest absolute Gasteiger partial charge is 0.493 e. The molecule has 1 heterocycles. The minimum atomic E-state index is -0.257. The first-order valence-corrected chi connectivity index (χ1v) is 12.0. The third-order valence-corrected chi connectivity index (χ3v) is 6.35. The molecule has 4 aromatic rings. The molecule has 0 spiro atoms. The van der Waals surface area contributed by atoms with E-state index < -0.39 is 0 Å². The minimum absolute atomic E-state index is 0.0553. The van der Waals surface area contributed by atoms with Gasteiger partial charge in [0.1, 0.15) is 11.5 Å². The number of benzene rings is 3. The molecule has 1 N–H and O–H groups in total. The van der Waals surface area contributed by atoms with Crippen LogP contribution in [0.25, 0.3) is 0 Å². The highest BCUT2D eigenvalue weighted by Crippen LogP contribution is 2.26. The van der Waals surface area contributed by atoms with Crippen LogP contribution in [0.1, 0.15) is 45.3 Å². The van der Waals surface area contributed by atoms with Crippen LogP contribution in [0.4, 0.5) is 0 Å². The molecule has 0 saturated heterocycles. The van der Waals surface area contributed by atoms with Gasteiger partial charge in [-0.15, -0.1) is 0 Å². The zero-order chi connectivity index (χ0) is 24.8. The van der Waals surface area contributed by atoms with Crippen LogP contribution in [-0.2, 0) is 17.6 Å². The van der Waals surface area contributed by atoms with Crippen LogP contribution in [0.3, 0.4) is 0 Å². The lowest BCUT2D eigenvalue weighted by molar-refractivity contribution is -0.120. The van der Waals surface area contributed by atoms with E-state index >= 15 is 0 Å². The SMILES string of the molecule is Cc1ccccc1C(NC(=O)Cc1ccc(OCCc2c(C)noc2C)cc1)c1ccc(Cl)cc1. The summed E-state index contributed by atoms with van der Waals surface area (Å²) < 4.78 is 11.1. The first-order valence-electron chi connectivity index (χ1n) is 11.6. The van der Waals surface area contributed by atoms with Crippen LogP contribution < -0.4 is 10.1 Å². The summed E-state index contributed by atoms with van der Waals surface area (Å²) in [7, 11) is 0. The number of hydrogen-bond acceptors (Lipinski definition) is 4. The highest BCUT2D eigenvalue weighted by molar-refractivity contribution is 6.30. The molecule has 1 unspecified atom stereocenters. The quantitative estimate of drug-likeness (QED) is 0.299. The summed E-state index contributed by atoms with van der Waals surface area (Å²) in [6.07, 6.45) is 1.01. The molecule has 4 rings (SSSR count). The van der Waals surface area contributed by atoms with Crippen molar-refractivity contribution in [2.45, 2.75) is 39.7 Å². The molecule has 1 aromatic heterocycles. The minimum Gasteiger partial charge on any atom is -0.493 e. The van der Waals surface area contributed by atoms with Crippen LogP contribution >= 0.6 is 11.6 Å². The summed E-state index contributed by atoms with van der Waals surface area (Å²) in [5.74, 6) is 1.54. The van der Waals surface area contributed by atoms with Crippen LogP contribution in [-0.4, -0.2) is 17.7 Å². The van der Waals surface area contributed by atoms with Gasteiger partial charge in [-0.05, 0) is 67.3 Å². The average Bonchev–Trinajstić information content (AvgIpc) is 3.17. The second-order valence-corrected chi connectivity index (χ2v) is 9.07. The molecule has 1 amide bonds. The summed E-state index contributed by atoms with van der Waals surface area (Å²) in [6, 6.07) is 23.1. The standard InChI is InChI=1S/C29H29ClN2O3/c1-19-6-4-5-7-26(19)29(23-10-12-24(30)13-11-23)31-28(33)18-22-8-14-25(15-9-22)34-17-16-27-20(2)32-35-21(27)3/h4-15,29H,16-18H2,1-3H3,(H,31,33). The lowest BCUT2D eigenvalue weighted by Crippen LogP contribution is -2.31. The van der Waals surface area contributed by atoms with Gasteiger partial charge in [-0.25, -0.2) is 0 Å². The fraction of sp³-hybridized carbons (Fsp3) is 0.241. The number of ether oxygens (including phenoxy) is 1. The highest BCUT2D eigenvalue weighted by atomic mass is 35.5. The van der Waals surface area contributed by atoms with E-state index in [2.05, 4.69) is 23.5 Å². The smallest absolute Gasteiger partial charge is 0.225 e. The van der Waals surface area contributed by atoms with Gasteiger partial charge in [-0.1, -0.05) is 65.3 Å². The summed E-state index contributed by atoms with van der Waals surface area (Å²) in [5.41, 5.74) is 6.06. The lowest BCUT2D eigenvalue weighted by atomic mass is 9.94. The van der Waals surface area contributed by atoms with Crippen molar-refractivity contribution in [2.75, 3.05) is 6.61 Å². The van der Waals surface area contributed by atoms with Crippen molar-refractivity contribution in [1.29, 1.82) is 0 Å². The lowest BCUT2D eigenvalue weighted by Gasteiger charge is -2.22. The fourth-order valence-electron chi connectivity index (χ4n) is 4.14. The Kier molecular flexibility index (Phi) is 7.88. The number of rotatable bonds is 9. The monoisotopic (exact) mass is 488 g/mol. The number of amides is 1. The fourth-order valence-corrected chi connectivity index (χ4v) is 4.26. The van der Waals surface area contributed by atoms with Crippen molar-refractivity contribution in [3.63, 3.8) is 0 Å². The molecule has 0 fully saturated rings. The van der Waals surface area contributed by atoms with E-state index in [0.717, 1.165) is 51.4 Å². The number of aromatic nitrogens is 1. The average molecular weight is 489 g/mol. The van der Waals surface area contributed by atoms with Crippen LogP contribution in [0.5, 0.6) is 5.75 Å². The molecule has 0 aliphatic rings. The van der Waals surface area contributed by atoms with Crippen LogP contribution in [0.2, 0.25) is 5.02 Å². The Morgan fingerprint density at radius 1 is 1.00 bits per heavy atom. The summed E-state index contributed by atoms with van der Waals surface area (Å²) in [5, 5.41) is 7.84. The molecule has 0 aliphatic carbocycles. The molecule has 0 saturated carbocycles. The molecular formula is C29H29ClN2O3. The molecule has 0 bridgehead atoms. The maximum absolute atomic E-state index is 13.0. The van der Waals surface area contributed by atoms with Gasteiger partial charge < -0.3 is 14.6 Å². The molecule has 180 valence electrons. The predicted molar refractivity (Wildman–Crippen MR) is 138 cm³/mol. The molecule has 1 atom stereocenters. The Morgan fingerprint density at radius 2 is 1.71 bits per heavy atom. The molecule has 0 radical (unpaired) electrons. The number of carbonyl (C=O) groups excluding carboxylic acids is 1. The van der Waals surface area contributed by atoms with E-state index in [9.17, 15) is 4.79 Å². The van der Waals surface area contributed by atoms with Crippen LogP contribution in [0.15, 0.2) is 77.3 Å². The van der Waals surface area contributed by atoms with Crippen molar-refractivity contribution < 1.29 is 14.1 Å². The van der Waals surface area contributed by atoms with Gasteiger partial charge in [0.25, 0.3) is 0 Å². The first kappa shape index (κ1) is 24.6. The summed E-state index contributed by atoms with van der Waals surface area (Å²) in [6.45, 7) is 6.42. The van der Waals surface area contributed by atoms with Crippen molar-refractivity contribution in [3.8, 4) is 5.75 Å². The van der Waals surface area contributed by atoms with Gasteiger partial charge in [0.05, 0.1) is 24.8 Å². The summed E-state index contributed by atoms with van der Waals surface area (Å²) >= 11 is 6.09. The zero-order valence-corrected chi connectivity index (χ0v) is 20.9. The topological polar surface area (TPSA) is 64.4 Å². The number of halogens is 1. The number of nitrogens with one attached hydrogen (secondary N) is 1. The van der Waals surface area contributed by atoms with E-state index in [1.165, 1.54) is 0 Å². The molecular weight excluding hydrogens is 460 g/mol. The first-order chi connectivity index (χ1) is 16.9. The molecule has 0 aliphatic heterocycles. The molecule has 5 nitrogen and oxygen atoms in total. The van der Waals surface area contributed by atoms with E-state index in [1.54, 1.807) is 0 Å². The summed E-state index contributed by atoms with van der Waals surface area (Å²) in [4.78, 5) is 13.0. The van der Waals surface area contributed by atoms with E-state index in [4.69, 9.17) is 20.9 Å². The Balaban J connectivity index is 1.38. The van der Waals surface area contributed by atoms with Crippen molar-refractivity contribution in [1.82, 2.24) is 10.5 Å².